The second kappa shape index (κ2) is 10.2. The molecule has 4 rings (SSSR count). The summed E-state index contributed by atoms with van der Waals surface area (Å²) < 4.78 is 40.1. The molecule has 0 radical (unpaired) electrons. The summed E-state index contributed by atoms with van der Waals surface area (Å²) in [7, 11) is 0. The van der Waals surface area contributed by atoms with Gasteiger partial charge in [0.15, 0.2) is 0 Å². The number of halogens is 3. The fraction of sp³-hybridized carbons (Fsp3) is 0.320. The molecule has 0 spiro atoms. The van der Waals surface area contributed by atoms with Crippen LogP contribution in [0.25, 0.3) is 0 Å². The van der Waals surface area contributed by atoms with Gasteiger partial charge in [-0.2, -0.15) is 23.4 Å². The largest absolute Gasteiger partial charge is 0.417 e. The Kier molecular flexibility index (Phi) is 7.05. The molecule has 3 aromatic rings. The third-order valence-corrected chi connectivity index (χ3v) is 6.17. The van der Waals surface area contributed by atoms with Gasteiger partial charge in [-0.05, 0) is 61.1 Å². The van der Waals surface area contributed by atoms with Gasteiger partial charge in [0.25, 0.3) is 0 Å². The Labute approximate surface area is 206 Å². The van der Waals surface area contributed by atoms with E-state index in [-0.39, 0.29) is 17.4 Å². The van der Waals surface area contributed by atoms with Crippen LogP contribution in [0.2, 0.25) is 0 Å². The number of anilines is 4. The average Bonchev–Trinajstić information content (AvgIpc) is 2.85. The predicted octanol–water partition coefficient (Wildman–Crippen LogP) is 5.16. The molecular formula is C25H24F3N7O. The van der Waals surface area contributed by atoms with Crippen LogP contribution in [0.4, 0.5) is 36.4 Å². The van der Waals surface area contributed by atoms with E-state index in [1.165, 1.54) is 19.3 Å². The van der Waals surface area contributed by atoms with Crippen molar-refractivity contribution in [2.24, 2.45) is 0 Å². The van der Waals surface area contributed by atoms with Crippen molar-refractivity contribution in [1.29, 1.82) is 5.26 Å². The van der Waals surface area contributed by atoms with Gasteiger partial charge in [0.1, 0.15) is 6.33 Å². The van der Waals surface area contributed by atoms with Crippen LogP contribution in [-0.2, 0) is 11.0 Å². The van der Waals surface area contributed by atoms with Crippen LogP contribution >= 0.6 is 0 Å². The summed E-state index contributed by atoms with van der Waals surface area (Å²) in [5, 5.41) is 15.0. The van der Waals surface area contributed by atoms with Gasteiger partial charge >= 0.3 is 6.18 Å². The van der Waals surface area contributed by atoms with Crippen LogP contribution < -0.4 is 15.5 Å². The molecule has 186 valence electrons. The highest BCUT2D eigenvalue weighted by atomic mass is 19.4. The van der Waals surface area contributed by atoms with Gasteiger partial charge < -0.3 is 15.5 Å². The highest BCUT2D eigenvalue weighted by Gasteiger charge is 2.34. The second-order valence-electron chi connectivity index (χ2n) is 8.57. The quantitative estimate of drug-likeness (QED) is 0.504. The number of amides is 1. The maximum atomic E-state index is 13.4. The van der Waals surface area contributed by atoms with Crippen molar-refractivity contribution in [3.8, 4) is 6.07 Å². The Balaban J connectivity index is 1.45. The van der Waals surface area contributed by atoms with Crippen molar-refractivity contribution in [1.82, 2.24) is 15.0 Å². The topological polar surface area (TPSA) is 107 Å². The lowest BCUT2D eigenvalue weighted by Crippen LogP contribution is -2.34. The minimum atomic E-state index is -4.57. The number of piperidine rings is 1. The summed E-state index contributed by atoms with van der Waals surface area (Å²) in [4.78, 5) is 26.4. The molecule has 0 bridgehead atoms. The number of aromatic nitrogens is 3. The van der Waals surface area contributed by atoms with Gasteiger partial charge in [-0.1, -0.05) is 12.1 Å². The van der Waals surface area contributed by atoms with E-state index in [1.807, 2.05) is 17.9 Å². The van der Waals surface area contributed by atoms with E-state index in [2.05, 4.69) is 25.6 Å². The molecule has 2 aromatic carbocycles. The SMILES string of the molecule is CC(=O)Nc1cccc(Nc2ncnc(N3CCC(c4ccc(C#N)c(C(F)(F)F)c4)CC3)n2)c1C. The molecule has 1 saturated heterocycles. The van der Waals surface area contributed by atoms with E-state index in [0.717, 1.165) is 17.3 Å². The van der Waals surface area contributed by atoms with E-state index < -0.39 is 11.7 Å². The minimum Gasteiger partial charge on any atom is -0.341 e. The molecule has 11 heteroatoms. The van der Waals surface area contributed by atoms with Crippen LogP contribution in [0, 0.1) is 18.3 Å². The van der Waals surface area contributed by atoms with Crippen molar-refractivity contribution in [2.45, 2.75) is 38.8 Å². The summed E-state index contributed by atoms with van der Waals surface area (Å²) in [5.41, 5.74) is 1.56. The number of nitriles is 1. The lowest BCUT2D eigenvalue weighted by atomic mass is 9.87. The molecule has 0 saturated carbocycles. The number of rotatable bonds is 5. The first kappa shape index (κ1) is 24.9. The zero-order valence-corrected chi connectivity index (χ0v) is 19.7. The molecule has 1 aromatic heterocycles. The Hall–Kier alpha value is -4.20. The van der Waals surface area contributed by atoms with E-state index in [0.29, 0.717) is 49.1 Å². The zero-order chi connectivity index (χ0) is 25.9. The molecule has 1 aliphatic heterocycles. The first-order valence-corrected chi connectivity index (χ1v) is 11.3. The molecular weight excluding hydrogens is 471 g/mol. The molecule has 2 N–H and O–H groups in total. The molecule has 1 aliphatic rings. The lowest BCUT2D eigenvalue weighted by molar-refractivity contribution is -0.137. The first-order chi connectivity index (χ1) is 17.2. The molecule has 0 atom stereocenters. The predicted molar refractivity (Wildman–Crippen MR) is 129 cm³/mol. The first-order valence-electron chi connectivity index (χ1n) is 11.3. The van der Waals surface area contributed by atoms with Crippen LogP contribution in [0.1, 0.15) is 47.9 Å². The average molecular weight is 496 g/mol. The van der Waals surface area contributed by atoms with Crippen molar-refractivity contribution in [3.05, 3.63) is 65.0 Å². The number of nitrogens with one attached hydrogen (secondary N) is 2. The molecule has 0 aliphatic carbocycles. The highest BCUT2D eigenvalue weighted by molar-refractivity contribution is 5.90. The van der Waals surface area contributed by atoms with Gasteiger partial charge in [0, 0.05) is 31.4 Å². The fourth-order valence-corrected chi connectivity index (χ4v) is 4.28. The number of carbonyl (C=O) groups excluding carboxylic acids is 1. The third kappa shape index (κ3) is 5.54. The number of nitrogens with zero attached hydrogens (tertiary/aromatic N) is 5. The highest BCUT2D eigenvalue weighted by Crippen LogP contribution is 2.36. The monoisotopic (exact) mass is 495 g/mol. The zero-order valence-electron chi connectivity index (χ0n) is 19.7. The molecule has 1 amide bonds. The van der Waals surface area contributed by atoms with Gasteiger partial charge in [-0.3, -0.25) is 4.79 Å². The third-order valence-electron chi connectivity index (χ3n) is 6.17. The smallest absolute Gasteiger partial charge is 0.341 e. The van der Waals surface area contributed by atoms with Gasteiger partial charge in [-0.25, -0.2) is 9.97 Å². The number of carbonyl (C=O) groups is 1. The minimum absolute atomic E-state index is 0.0614. The van der Waals surface area contributed by atoms with Crippen molar-refractivity contribution in [3.63, 3.8) is 0 Å². The van der Waals surface area contributed by atoms with Crippen LogP contribution in [0.3, 0.4) is 0 Å². The van der Waals surface area contributed by atoms with E-state index in [1.54, 1.807) is 24.3 Å². The summed E-state index contributed by atoms with van der Waals surface area (Å²) in [6.07, 6.45) is -1.93. The Morgan fingerprint density at radius 2 is 1.86 bits per heavy atom. The molecule has 1 fully saturated rings. The van der Waals surface area contributed by atoms with Gasteiger partial charge in [0.05, 0.1) is 17.2 Å². The number of hydrogen-bond donors (Lipinski definition) is 2. The standard InChI is InChI=1S/C25H24F3N7O/c1-15-21(32-16(2)36)4-3-5-22(15)33-23-30-14-31-24(34-23)35-10-8-17(9-11-35)18-6-7-19(13-29)20(12-18)25(26,27)28/h3-7,12,14,17H,8-11H2,1-2H3,(H,32,36)(H,30,31,33,34). The van der Waals surface area contributed by atoms with Crippen molar-refractivity contribution in [2.75, 3.05) is 28.6 Å². The van der Waals surface area contributed by atoms with Crippen molar-refractivity contribution < 1.29 is 18.0 Å². The number of alkyl halides is 3. The molecule has 36 heavy (non-hydrogen) atoms. The summed E-state index contributed by atoms with van der Waals surface area (Å²) in [6, 6.07) is 11.0. The maximum Gasteiger partial charge on any atom is 0.417 e. The maximum absolute atomic E-state index is 13.4. The van der Waals surface area contributed by atoms with Crippen LogP contribution in [-0.4, -0.2) is 33.9 Å². The number of hydrogen-bond acceptors (Lipinski definition) is 7. The van der Waals surface area contributed by atoms with Crippen LogP contribution in [0.15, 0.2) is 42.7 Å². The van der Waals surface area contributed by atoms with Crippen molar-refractivity contribution >= 4 is 29.2 Å². The summed E-state index contributed by atoms with van der Waals surface area (Å²) in [6.45, 7) is 4.43. The normalized spacial score (nSPS) is 14.3. The summed E-state index contributed by atoms with van der Waals surface area (Å²) >= 11 is 0. The Bertz CT molecular complexity index is 1310. The second-order valence-corrected chi connectivity index (χ2v) is 8.57. The molecule has 8 nitrogen and oxygen atoms in total. The van der Waals surface area contributed by atoms with Gasteiger partial charge in [0.2, 0.25) is 17.8 Å². The van der Waals surface area contributed by atoms with Gasteiger partial charge in [-0.15, -0.1) is 0 Å². The van der Waals surface area contributed by atoms with Crippen LogP contribution in [0.5, 0.6) is 0 Å². The van der Waals surface area contributed by atoms with E-state index in [4.69, 9.17) is 5.26 Å². The Morgan fingerprint density at radius 3 is 2.53 bits per heavy atom. The fourth-order valence-electron chi connectivity index (χ4n) is 4.28. The summed E-state index contributed by atoms with van der Waals surface area (Å²) in [5.74, 6) is 0.579. The Morgan fingerprint density at radius 1 is 1.14 bits per heavy atom. The van der Waals surface area contributed by atoms with E-state index in [9.17, 15) is 18.0 Å². The molecule has 0 unspecified atom stereocenters. The molecule has 2 heterocycles. The number of benzene rings is 2. The lowest BCUT2D eigenvalue weighted by Gasteiger charge is -2.32. The van der Waals surface area contributed by atoms with E-state index >= 15 is 0 Å².